The number of rotatable bonds is 3. The lowest BCUT2D eigenvalue weighted by Gasteiger charge is -2.34. The zero-order valence-electron chi connectivity index (χ0n) is 9.32. The van der Waals surface area contributed by atoms with Crippen molar-refractivity contribution in [2.45, 2.75) is 18.9 Å². The van der Waals surface area contributed by atoms with Crippen molar-refractivity contribution in [3.8, 4) is 0 Å². The Labute approximate surface area is 101 Å². The standard InChI is InChI=1S/C10H18N4OS/c11-9(16)7-13-3-5-14(6-4-13)10(15)12-8-1-2-8/h8H,1-7H2,(H2,11,16)(H,12,15). The molecule has 0 unspecified atom stereocenters. The molecule has 1 aliphatic carbocycles. The third-order valence-corrected chi connectivity index (χ3v) is 3.07. The Morgan fingerprint density at radius 3 is 2.44 bits per heavy atom. The monoisotopic (exact) mass is 242 g/mol. The molecule has 2 fully saturated rings. The van der Waals surface area contributed by atoms with Crippen LogP contribution in [0.1, 0.15) is 12.8 Å². The third kappa shape index (κ3) is 3.31. The Bertz CT molecular complexity index is 285. The molecular weight excluding hydrogens is 224 g/mol. The number of nitrogens with zero attached hydrogens (tertiary/aromatic N) is 2. The summed E-state index contributed by atoms with van der Waals surface area (Å²) in [5.74, 6) is 0. The van der Waals surface area contributed by atoms with Crippen LogP contribution < -0.4 is 11.1 Å². The number of hydrogen-bond acceptors (Lipinski definition) is 3. The molecule has 1 heterocycles. The van der Waals surface area contributed by atoms with Crippen molar-refractivity contribution in [1.29, 1.82) is 0 Å². The van der Waals surface area contributed by atoms with Crippen LogP contribution in [0.5, 0.6) is 0 Å². The van der Waals surface area contributed by atoms with Gasteiger partial charge in [-0.25, -0.2) is 4.79 Å². The van der Waals surface area contributed by atoms with Crippen molar-refractivity contribution in [3.05, 3.63) is 0 Å². The quantitative estimate of drug-likeness (QED) is 0.671. The highest BCUT2D eigenvalue weighted by Crippen LogP contribution is 2.19. The highest BCUT2D eigenvalue weighted by Gasteiger charge is 2.27. The fraction of sp³-hybridized carbons (Fsp3) is 0.800. The van der Waals surface area contributed by atoms with E-state index >= 15 is 0 Å². The fourth-order valence-corrected chi connectivity index (χ4v) is 2.01. The second kappa shape index (κ2) is 4.97. The molecule has 6 heteroatoms. The topological polar surface area (TPSA) is 61.6 Å². The minimum Gasteiger partial charge on any atom is -0.392 e. The van der Waals surface area contributed by atoms with Gasteiger partial charge >= 0.3 is 6.03 Å². The summed E-state index contributed by atoms with van der Waals surface area (Å²) >= 11 is 4.87. The molecule has 0 bridgehead atoms. The van der Waals surface area contributed by atoms with Crippen molar-refractivity contribution in [3.63, 3.8) is 0 Å². The number of nitrogens with one attached hydrogen (secondary N) is 1. The maximum atomic E-state index is 11.7. The summed E-state index contributed by atoms with van der Waals surface area (Å²) in [5.41, 5.74) is 5.49. The lowest BCUT2D eigenvalue weighted by Crippen LogP contribution is -2.53. The number of amides is 2. The molecule has 0 atom stereocenters. The summed E-state index contributed by atoms with van der Waals surface area (Å²) < 4.78 is 0. The van der Waals surface area contributed by atoms with Crippen molar-refractivity contribution >= 4 is 23.2 Å². The lowest BCUT2D eigenvalue weighted by atomic mass is 10.3. The highest BCUT2D eigenvalue weighted by atomic mass is 32.1. The van der Waals surface area contributed by atoms with E-state index in [2.05, 4.69) is 10.2 Å². The Morgan fingerprint density at radius 2 is 1.94 bits per heavy atom. The zero-order chi connectivity index (χ0) is 11.5. The van der Waals surface area contributed by atoms with Crippen LogP contribution in [0.2, 0.25) is 0 Å². The van der Waals surface area contributed by atoms with Crippen molar-refractivity contribution in [2.75, 3.05) is 32.7 Å². The van der Waals surface area contributed by atoms with Crippen LogP contribution in [0, 0.1) is 0 Å². The molecule has 0 radical (unpaired) electrons. The molecule has 90 valence electrons. The predicted molar refractivity (Wildman–Crippen MR) is 66.4 cm³/mol. The molecule has 1 aliphatic heterocycles. The highest BCUT2D eigenvalue weighted by molar-refractivity contribution is 7.80. The first kappa shape index (κ1) is 11.6. The molecule has 0 spiro atoms. The smallest absolute Gasteiger partial charge is 0.317 e. The Balaban J connectivity index is 1.71. The van der Waals surface area contributed by atoms with Crippen molar-refractivity contribution in [2.24, 2.45) is 5.73 Å². The molecule has 0 aromatic rings. The predicted octanol–water partition coefficient (Wildman–Crippen LogP) is -0.238. The minimum absolute atomic E-state index is 0.0810. The van der Waals surface area contributed by atoms with Crippen LogP contribution in [-0.4, -0.2) is 59.6 Å². The van der Waals surface area contributed by atoms with Gasteiger partial charge in [0.05, 0.1) is 4.99 Å². The summed E-state index contributed by atoms with van der Waals surface area (Å²) in [6, 6.07) is 0.514. The summed E-state index contributed by atoms with van der Waals surface area (Å²) in [4.78, 5) is 16.3. The molecule has 2 rings (SSSR count). The van der Waals surface area contributed by atoms with Crippen LogP contribution in [-0.2, 0) is 0 Å². The summed E-state index contributed by atoms with van der Waals surface area (Å²) in [6.45, 7) is 3.90. The van der Waals surface area contributed by atoms with E-state index in [4.69, 9.17) is 18.0 Å². The van der Waals surface area contributed by atoms with Gasteiger partial charge in [0.2, 0.25) is 0 Å². The van der Waals surface area contributed by atoms with Crippen molar-refractivity contribution in [1.82, 2.24) is 15.1 Å². The molecule has 0 aromatic carbocycles. The summed E-state index contributed by atoms with van der Waals surface area (Å²) in [7, 11) is 0. The maximum absolute atomic E-state index is 11.7. The molecule has 2 amide bonds. The lowest BCUT2D eigenvalue weighted by molar-refractivity contribution is 0.149. The van der Waals surface area contributed by atoms with Gasteiger partial charge in [-0.15, -0.1) is 0 Å². The van der Waals surface area contributed by atoms with Crippen LogP contribution in [0.3, 0.4) is 0 Å². The number of carbonyl (C=O) groups excluding carboxylic acids is 1. The fourth-order valence-electron chi connectivity index (χ4n) is 1.82. The van der Waals surface area contributed by atoms with E-state index in [1.54, 1.807) is 0 Å². The normalized spacial score (nSPS) is 21.9. The number of hydrogen-bond donors (Lipinski definition) is 2. The van der Waals surface area contributed by atoms with E-state index in [1.807, 2.05) is 4.90 Å². The Morgan fingerprint density at radius 1 is 1.31 bits per heavy atom. The zero-order valence-corrected chi connectivity index (χ0v) is 10.1. The second-order valence-electron chi connectivity index (χ2n) is 4.45. The van der Waals surface area contributed by atoms with Crippen molar-refractivity contribution < 1.29 is 4.79 Å². The number of urea groups is 1. The first-order valence-corrected chi connectivity index (χ1v) is 6.12. The largest absolute Gasteiger partial charge is 0.392 e. The van der Waals surface area contributed by atoms with Gasteiger partial charge in [-0.2, -0.15) is 0 Å². The van der Waals surface area contributed by atoms with Gasteiger partial charge in [-0.1, -0.05) is 12.2 Å². The van der Waals surface area contributed by atoms with Crippen LogP contribution in [0.25, 0.3) is 0 Å². The van der Waals surface area contributed by atoms with E-state index in [1.165, 1.54) is 0 Å². The molecule has 0 aromatic heterocycles. The molecule has 3 N–H and O–H groups in total. The molecular formula is C10H18N4OS. The number of thiocarbonyl (C=S) groups is 1. The SMILES string of the molecule is NC(=S)CN1CCN(C(=O)NC2CC2)CC1. The molecule has 5 nitrogen and oxygen atoms in total. The minimum atomic E-state index is 0.0810. The van der Waals surface area contributed by atoms with E-state index in [9.17, 15) is 4.79 Å². The average Bonchev–Trinajstić information content (AvgIpc) is 3.01. The first-order chi connectivity index (χ1) is 7.65. The van der Waals surface area contributed by atoms with Gasteiger partial charge < -0.3 is 16.0 Å². The molecule has 2 aliphatic rings. The number of piperazine rings is 1. The Hall–Kier alpha value is -0.880. The van der Waals surface area contributed by atoms with Gasteiger partial charge in [0.15, 0.2) is 0 Å². The van der Waals surface area contributed by atoms with Gasteiger partial charge in [0.1, 0.15) is 0 Å². The van der Waals surface area contributed by atoms with Crippen LogP contribution in [0.15, 0.2) is 0 Å². The van der Waals surface area contributed by atoms with Crippen LogP contribution in [0.4, 0.5) is 4.79 Å². The average molecular weight is 242 g/mol. The Kier molecular flexibility index (Phi) is 3.60. The summed E-state index contributed by atoms with van der Waals surface area (Å²) in [5, 5.41) is 3.00. The molecule has 16 heavy (non-hydrogen) atoms. The third-order valence-electron chi connectivity index (χ3n) is 2.94. The van der Waals surface area contributed by atoms with Gasteiger partial charge in [0, 0.05) is 38.8 Å². The molecule has 1 saturated heterocycles. The van der Waals surface area contributed by atoms with Crippen LogP contribution >= 0.6 is 12.2 Å². The summed E-state index contributed by atoms with van der Waals surface area (Å²) in [6.07, 6.45) is 2.26. The second-order valence-corrected chi connectivity index (χ2v) is 4.98. The van der Waals surface area contributed by atoms with E-state index in [0.717, 1.165) is 39.0 Å². The number of nitrogens with two attached hydrogens (primary N) is 1. The first-order valence-electron chi connectivity index (χ1n) is 5.71. The van der Waals surface area contributed by atoms with E-state index < -0.39 is 0 Å². The molecule has 1 saturated carbocycles. The van der Waals surface area contributed by atoms with Gasteiger partial charge in [0.25, 0.3) is 0 Å². The van der Waals surface area contributed by atoms with E-state index in [0.29, 0.717) is 17.6 Å². The maximum Gasteiger partial charge on any atom is 0.317 e. The van der Waals surface area contributed by atoms with E-state index in [-0.39, 0.29) is 6.03 Å². The van der Waals surface area contributed by atoms with Gasteiger partial charge in [-0.3, -0.25) is 4.90 Å². The number of carbonyl (C=O) groups is 1. The van der Waals surface area contributed by atoms with Gasteiger partial charge in [-0.05, 0) is 12.8 Å².